The van der Waals surface area contributed by atoms with E-state index in [1.165, 1.54) is 12.1 Å². The number of rotatable bonds is 4. The molecule has 22 heavy (non-hydrogen) atoms. The van der Waals surface area contributed by atoms with Gasteiger partial charge in [0, 0.05) is 18.1 Å². The monoisotopic (exact) mass is 303 g/mol. The van der Waals surface area contributed by atoms with E-state index in [0.29, 0.717) is 22.7 Å². The second-order valence-corrected chi connectivity index (χ2v) is 5.37. The molecule has 0 unspecified atom stereocenters. The summed E-state index contributed by atoms with van der Waals surface area (Å²) in [6.07, 6.45) is 0. The average Bonchev–Trinajstić information content (AvgIpc) is 2.83. The average molecular weight is 303 g/mol. The number of aromatic nitrogens is 1. The molecule has 7 heteroatoms. The predicted molar refractivity (Wildman–Crippen MR) is 81.1 cm³/mol. The van der Waals surface area contributed by atoms with Crippen LogP contribution in [0.2, 0.25) is 0 Å². The van der Waals surface area contributed by atoms with Crippen molar-refractivity contribution in [3.05, 3.63) is 50.9 Å². The molecular weight excluding hydrogens is 286 g/mol. The molecule has 0 spiro atoms. The Balaban J connectivity index is 2.36. The van der Waals surface area contributed by atoms with Gasteiger partial charge in [0.25, 0.3) is 11.6 Å². The number of hydrogen-bond acceptors (Lipinski definition) is 5. The van der Waals surface area contributed by atoms with Crippen molar-refractivity contribution in [3.63, 3.8) is 0 Å². The van der Waals surface area contributed by atoms with Gasteiger partial charge in [-0.3, -0.25) is 14.9 Å². The van der Waals surface area contributed by atoms with Crippen LogP contribution in [-0.2, 0) is 0 Å². The summed E-state index contributed by atoms with van der Waals surface area (Å²) in [5.41, 5.74) is 1.92. The lowest BCUT2D eigenvalue weighted by Gasteiger charge is -2.09. The molecule has 2 rings (SSSR count). The number of amides is 1. The van der Waals surface area contributed by atoms with Crippen LogP contribution in [0.1, 0.15) is 47.1 Å². The number of non-ortho nitro benzene ring substituents is 1. The van der Waals surface area contributed by atoms with E-state index in [0.717, 1.165) is 5.56 Å². The van der Waals surface area contributed by atoms with E-state index in [2.05, 4.69) is 10.5 Å². The predicted octanol–water partition coefficient (Wildman–Crippen LogP) is 3.58. The zero-order valence-electron chi connectivity index (χ0n) is 12.8. The van der Waals surface area contributed by atoms with E-state index in [1.54, 1.807) is 19.9 Å². The molecule has 0 radical (unpaired) electrons. The number of aryl methyl sites for hydroxylation is 2. The second kappa shape index (κ2) is 5.97. The standard InChI is InChI=1S/C15H17N3O4/c1-8(2)14-13(10(4)17-22-14)15(19)16-12-7-11(18(20)21)6-5-9(12)3/h5-8H,1-4H3,(H,16,19). The Labute approximate surface area is 127 Å². The molecule has 0 atom stereocenters. The molecular formula is C15H17N3O4. The van der Waals surface area contributed by atoms with Crippen LogP contribution in [0, 0.1) is 24.0 Å². The number of hydrogen-bond donors (Lipinski definition) is 1. The molecule has 0 bridgehead atoms. The fraction of sp³-hybridized carbons (Fsp3) is 0.333. The highest BCUT2D eigenvalue weighted by Gasteiger charge is 2.23. The first-order valence-corrected chi connectivity index (χ1v) is 6.83. The first-order chi connectivity index (χ1) is 10.3. The van der Waals surface area contributed by atoms with Gasteiger partial charge in [0.1, 0.15) is 5.56 Å². The Hall–Kier alpha value is -2.70. The summed E-state index contributed by atoms with van der Waals surface area (Å²) >= 11 is 0. The lowest BCUT2D eigenvalue weighted by atomic mass is 10.0. The van der Waals surface area contributed by atoms with E-state index in [9.17, 15) is 14.9 Å². The van der Waals surface area contributed by atoms with Crippen molar-refractivity contribution in [3.8, 4) is 0 Å². The summed E-state index contributed by atoms with van der Waals surface area (Å²) in [4.78, 5) is 22.8. The minimum Gasteiger partial charge on any atom is -0.360 e. The molecule has 0 saturated carbocycles. The maximum atomic E-state index is 12.5. The maximum Gasteiger partial charge on any atom is 0.271 e. The molecule has 1 heterocycles. The second-order valence-electron chi connectivity index (χ2n) is 5.37. The van der Waals surface area contributed by atoms with Gasteiger partial charge in [-0.15, -0.1) is 0 Å². The number of nitro benzene ring substituents is 1. The van der Waals surface area contributed by atoms with Crippen molar-refractivity contribution < 1.29 is 14.2 Å². The SMILES string of the molecule is Cc1ccc([N+](=O)[O-])cc1NC(=O)c1c(C)noc1C(C)C. The number of benzene rings is 1. The molecule has 116 valence electrons. The van der Waals surface area contributed by atoms with Crippen LogP contribution in [0.15, 0.2) is 22.7 Å². The van der Waals surface area contributed by atoms with E-state index < -0.39 is 4.92 Å². The molecule has 1 N–H and O–H groups in total. The number of carbonyl (C=O) groups is 1. The van der Waals surface area contributed by atoms with Gasteiger partial charge in [-0.2, -0.15) is 0 Å². The van der Waals surface area contributed by atoms with Crippen molar-refractivity contribution >= 4 is 17.3 Å². The molecule has 1 aromatic heterocycles. The molecule has 0 fully saturated rings. The van der Waals surface area contributed by atoms with Gasteiger partial charge in [0.2, 0.25) is 0 Å². The van der Waals surface area contributed by atoms with E-state index >= 15 is 0 Å². The van der Waals surface area contributed by atoms with Gasteiger partial charge in [-0.1, -0.05) is 25.1 Å². The van der Waals surface area contributed by atoms with Crippen LogP contribution in [0.25, 0.3) is 0 Å². The third kappa shape index (κ3) is 2.98. The van der Waals surface area contributed by atoms with Gasteiger partial charge in [0.05, 0.1) is 16.3 Å². The molecule has 7 nitrogen and oxygen atoms in total. The Bertz CT molecular complexity index is 734. The summed E-state index contributed by atoms with van der Waals surface area (Å²) in [5, 5.41) is 17.4. The van der Waals surface area contributed by atoms with Crippen LogP contribution in [0.5, 0.6) is 0 Å². The summed E-state index contributed by atoms with van der Waals surface area (Å²) in [7, 11) is 0. The summed E-state index contributed by atoms with van der Waals surface area (Å²) in [5.74, 6) is 0.122. The van der Waals surface area contributed by atoms with E-state index in [4.69, 9.17) is 4.52 Å². The molecule has 0 saturated heterocycles. The van der Waals surface area contributed by atoms with Crippen LogP contribution >= 0.6 is 0 Å². The van der Waals surface area contributed by atoms with E-state index in [1.807, 2.05) is 13.8 Å². The van der Waals surface area contributed by atoms with Crippen LogP contribution in [0.3, 0.4) is 0 Å². The van der Waals surface area contributed by atoms with E-state index in [-0.39, 0.29) is 17.5 Å². The quantitative estimate of drug-likeness (QED) is 0.687. The fourth-order valence-corrected chi connectivity index (χ4v) is 2.10. The first-order valence-electron chi connectivity index (χ1n) is 6.83. The van der Waals surface area contributed by atoms with Gasteiger partial charge in [-0.25, -0.2) is 0 Å². The fourth-order valence-electron chi connectivity index (χ4n) is 2.10. The molecule has 2 aromatic rings. The Kier molecular flexibility index (Phi) is 4.25. The molecule has 0 aliphatic carbocycles. The summed E-state index contributed by atoms with van der Waals surface area (Å²) < 4.78 is 5.19. The van der Waals surface area contributed by atoms with Crippen LogP contribution in [-0.4, -0.2) is 16.0 Å². The minimum atomic E-state index is -0.501. The maximum absolute atomic E-state index is 12.5. The van der Waals surface area contributed by atoms with Crippen molar-refractivity contribution in [1.29, 1.82) is 0 Å². The van der Waals surface area contributed by atoms with Gasteiger partial charge >= 0.3 is 0 Å². The molecule has 1 aromatic carbocycles. The van der Waals surface area contributed by atoms with Crippen LogP contribution < -0.4 is 5.32 Å². The van der Waals surface area contributed by atoms with Crippen molar-refractivity contribution in [2.24, 2.45) is 0 Å². The highest BCUT2D eigenvalue weighted by Crippen LogP contribution is 2.26. The highest BCUT2D eigenvalue weighted by atomic mass is 16.6. The van der Waals surface area contributed by atoms with Gasteiger partial charge in [0.15, 0.2) is 5.76 Å². The summed E-state index contributed by atoms with van der Waals surface area (Å²) in [6, 6.07) is 4.33. The van der Waals surface area contributed by atoms with Crippen molar-refractivity contribution in [2.75, 3.05) is 5.32 Å². The number of carbonyl (C=O) groups excluding carboxylic acids is 1. The third-order valence-electron chi connectivity index (χ3n) is 3.32. The van der Waals surface area contributed by atoms with Gasteiger partial charge in [-0.05, 0) is 19.4 Å². The smallest absolute Gasteiger partial charge is 0.271 e. The summed E-state index contributed by atoms with van der Waals surface area (Å²) in [6.45, 7) is 7.25. The topological polar surface area (TPSA) is 98.3 Å². The van der Waals surface area contributed by atoms with Crippen molar-refractivity contribution in [2.45, 2.75) is 33.6 Å². The highest BCUT2D eigenvalue weighted by molar-refractivity contribution is 6.06. The Morgan fingerprint density at radius 2 is 2.05 bits per heavy atom. The molecule has 0 aliphatic rings. The van der Waals surface area contributed by atoms with Crippen molar-refractivity contribution in [1.82, 2.24) is 5.16 Å². The number of nitro groups is 1. The first kappa shape index (κ1) is 15.7. The van der Waals surface area contributed by atoms with Gasteiger partial charge < -0.3 is 9.84 Å². The number of anilines is 1. The zero-order chi connectivity index (χ0) is 16.4. The van der Waals surface area contributed by atoms with Crippen LogP contribution in [0.4, 0.5) is 11.4 Å². The Morgan fingerprint density at radius 1 is 1.36 bits per heavy atom. The number of nitrogens with one attached hydrogen (secondary N) is 1. The largest absolute Gasteiger partial charge is 0.360 e. The normalized spacial score (nSPS) is 10.8. The number of nitrogens with zero attached hydrogens (tertiary/aromatic N) is 2. The minimum absolute atomic E-state index is 0.00755. The lowest BCUT2D eigenvalue weighted by Crippen LogP contribution is -2.15. The lowest BCUT2D eigenvalue weighted by molar-refractivity contribution is -0.384. The molecule has 0 aliphatic heterocycles. The Morgan fingerprint density at radius 3 is 2.64 bits per heavy atom. The third-order valence-corrected chi connectivity index (χ3v) is 3.32. The zero-order valence-corrected chi connectivity index (χ0v) is 12.8. The molecule has 1 amide bonds.